The molecule has 0 radical (unpaired) electrons. The number of rotatable bonds is 4. The molecule has 128 valence electrons. The molecule has 1 atom stereocenters. The highest BCUT2D eigenvalue weighted by atomic mass is 79.9. The molecule has 6 nitrogen and oxygen atoms in total. The number of halogens is 1. The zero-order valence-corrected chi connectivity index (χ0v) is 15.1. The Bertz CT molecular complexity index is 790. The number of hydrogen-bond donors (Lipinski definition) is 1. The molecule has 7 heteroatoms. The quantitative estimate of drug-likeness (QED) is 0.798. The third-order valence-electron chi connectivity index (χ3n) is 4.04. The molecule has 3 rings (SSSR count). The molecular formula is C18H17BrN4O2. The van der Waals surface area contributed by atoms with E-state index in [0.29, 0.717) is 23.6 Å². The molecule has 0 bridgehead atoms. The summed E-state index contributed by atoms with van der Waals surface area (Å²) in [5.74, 6) is 0.311. The van der Waals surface area contributed by atoms with Crippen LogP contribution in [0.5, 0.6) is 0 Å². The van der Waals surface area contributed by atoms with Gasteiger partial charge in [-0.25, -0.2) is 9.97 Å². The fourth-order valence-corrected chi connectivity index (χ4v) is 3.03. The molecule has 1 aliphatic rings. The Hall–Kier alpha value is -2.54. The molecule has 0 aliphatic carbocycles. The van der Waals surface area contributed by atoms with Crippen LogP contribution in [-0.2, 0) is 4.79 Å². The Morgan fingerprint density at radius 3 is 2.56 bits per heavy atom. The minimum absolute atomic E-state index is 0.0596. The van der Waals surface area contributed by atoms with Gasteiger partial charge in [0.25, 0.3) is 5.91 Å². The van der Waals surface area contributed by atoms with Crippen molar-refractivity contribution in [2.45, 2.75) is 18.9 Å². The number of likely N-dealkylation sites (tertiary alicyclic amines) is 1. The molecular weight excluding hydrogens is 384 g/mol. The second-order valence-corrected chi connectivity index (χ2v) is 6.60. The van der Waals surface area contributed by atoms with E-state index in [1.54, 1.807) is 41.6 Å². The van der Waals surface area contributed by atoms with Crippen molar-refractivity contribution in [1.82, 2.24) is 14.9 Å². The van der Waals surface area contributed by atoms with Crippen molar-refractivity contribution in [1.29, 1.82) is 0 Å². The van der Waals surface area contributed by atoms with Gasteiger partial charge in [-0.1, -0.05) is 6.58 Å². The van der Waals surface area contributed by atoms with Crippen LogP contribution in [-0.4, -0.2) is 33.2 Å². The summed E-state index contributed by atoms with van der Waals surface area (Å²) in [7, 11) is 0. The summed E-state index contributed by atoms with van der Waals surface area (Å²) >= 11 is 3.32. The van der Waals surface area contributed by atoms with Gasteiger partial charge in [-0.15, -0.1) is 0 Å². The van der Waals surface area contributed by atoms with Crippen LogP contribution in [0.2, 0.25) is 0 Å². The van der Waals surface area contributed by atoms with Crippen LogP contribution >= 0.6 is 15.9 Å². The van der Waals surface area contributed by atoms with Gasteiger partial charge in [-0.3, -0.25) is 9.59 Å². The lowest BCUT2D eigenvalue weighted by molar-refractivity contribution is -0.111. The molecule has 2 heterocycles. The SMILES string of the molecule is C=CC(=O)Nc1ccc(C(=O)N2CCCC2c2ncc(Br)cn2)cc1. The lowest BCUT2D eigenvalue weighted by Crippen LogP contribution is -2.31. The van der Waals surface area contributed by atoms with E-state index in [1.165, 1.54) is 6.08 Å². The van der Waals surface area contributed by atoms with E-state index in [1.807, 2.05) is 0 Å². The van der Waals surface area contributed by atoms with Crippen LogP contribution in [0.15, 0.2) is 53.8 Å². The summed E-state index contributed by atoms with van der Waals surface area (Å²) < 4.78 is 0.810. The summed E-state index contributed by atoms with van der Waals surface area (Å²) in [6.07, 6.45) is 6.36. The highest BCUT2D eigenvalue weighted by molar-refractivity contribution is 9.10. The molecule has 1 N–H and O–H groups in total. The van der Waals surface area contributed by atoms with Crippen LogP contribution in [0.3, 0.4) is 0 Å². The van der Waals surface area contributed by atoms with Crippen molar-refractivity contribution in [3.8, 4) is 0 Å². The standard InChI is InChI=1S/C18H17BrN4O2/c1-2-16(24)22-14-7-5-12(6-8-14)18(25)23-9-3-4-15(23)17-20-10-13(19)11-21-17/h2,5-8,10-11,15H,1,3-4,9H2,(H,22,24). The van der Waals surface area contributed by atoms with Crippen molar-refractivity contribution in [2.75, 3.05) is 11.9 Å². The van der Waals surface area contributed by atoms with Gasteiger partial charge in [0.05, 0.1) is 10.5 Å². The van der Waals surface area contributed by atoms with Crippen molar-refractivity contribution in [2.24, 2.45) is 0 Å². The van der Waals surface area contributed by atoms with Crippen LogP contribution in [0.25, 0.3) is 0 Å². The molecule has 1 unspecified atom stereocenters. The van der Waals surface area contributed by atoms with Gasteiger partial charge >= 0.3 is 0 Å². The van der Waals surface area contributed by atoms with Crippen molar-refractivity contribution >= 4 is 33.4 Å². The Balaban J connectivity index is 1.76. The first-order valence-electron chi connectivity index (χ1n) is 7.90. The highest BCUT2D eigenvalue weighted by Gasteiger charge is 2.32. The van der Waals surface area contributed by atoms with E-state index in [-0.39, 0.29) is 17.9 Å². The number of anilines is 1. The molecule has 1 fully saturated rings. The minimum Gasteiger partial charge on any atom is -0.328 e. The number of hydrogen-bond acceptors (Lipinski definition) is 4. The second-order valence-electron chi connectivity index (χ2n) is 5.69. The smallest absolute Gasteiger partial charge is 0.254 e. The predicted octanol–water partition coefficient (Wildman–Crippen LogP) is 3.34. The first kappa shape index (κ1) is 17.3. The first-order valence-corrected chi connectivity index (χ1v) is 8.69. The molecule has 1 saturated heterocycles. The Kier molecular flexibility index (Phi) is 5.23. The number of carbonyl (C=O) groups excluding carboxylic acids is 2. The lowest BCUT2D eigenvalue weighted by Gasteiger charge is -2.23. The number of aromatic nitrogens is 2. The third-order valence-corrected chi connectivity index (χ3v) is 4.45. The van der Waals surface area contributed by atoms with Crippen LogP contribution in [0.4, 0.5) is 5.69 Å². The van der Waals surface area contributed by atoms with Crippen LogP contribution in [0.1, 0.15) is 35.1 Å². The number of nitrogens with one attached hydrogen (secondary N) is 1. The van der Waals surface area contributed by atoms with Crippen molar-refractivity contribution in [3.05, 3.63) is 65.2 Å². The maximum Gasteiger partial charge on any atom is 0.254 e. The van der Waals surface area contributed by atoms with Gasteiger partial charge in [0.2, 0.25) is 5.91 Å². The van der Waals surface area contributed by atoms with Gasteiger partial charge < -0.3 is 10.2 Å². The average Bonchev–Trinajstić information content (AvgIpc) is 3.12. The zero-order valence-electron chi connectivity index (χ0n) is 13.5. The first-order chi connectivity index (χ1) is 12.1. The average molecular weight is 401 g/mol. The molecule has 25 heavy (non-hydrogen) atoms. The highest BCUT2D eigenvalue weighted by Crippen LogP contribution is 2.31. The summed E-state index contributed by atoms with van der Waals surface area (Å²) in [6, 6.07) is 6.71. The topological polar surface area (TPSA) is 75.2 Å². The summed E-state index contributed by atoms with van der Waals surface area (Å²) in [5.41, 5.74) is 1.19. The van der Waals surface area contributed by atoms with Gasteiger partial charge in [-0.05, 0) is 59.1 Å². The number of nitrogens with zero attached hydrogens (tertiary/aromatic N) is 3. The second kappa shape index (κ2) is 7.57. The molecule has 1 aliphatic heterocycles. The Morgan fingerprint density at radius 2 is 1.92 bits per heavy atom. The molecule has 2 amide bonds. The lowest BCUT2D eigenvalue weighted by atomic mass is 10.1. The zero-order chi connectivity index (χ0) is 17.8. The normalized spacial score (nSPS) is 16.5. The minimum atomic E-state index is -0.286. The fourth-order valence-electron chi connectivity index (χ4n) is 2.83. The van der Waals surface area contributed by atoms with E-state index in [2.05, 4.69) is 37.8 Å². The van der Waals surface area contributed by atoms with Gasteiger partial charge in [0, 0.05) is 30.2 Å². The van der Waals surface area contributed by atoms with Gasteiger partial charge in [0.1, 0.15) is 0 Å². The maximum absolute atomic E-state index is 12.8. The third kappa shape index (κ3) is 3.93. The van der Waals surface area contributed by atoms with Gasteiger partial charge in [-0.2, -0.15) is 0 Å². The Morgan fingerprint density at radius 1 is 1.24 bits per heavy atom. The molecule has 1 aromatic heterocycles. The van der Waals surface area contributed by atoms with E-state index < -0.39 is 0 Å². The van der Waals surface area contributed by atoms with E-state index >= 15 is 0 Å². The fraction of sp³-hybridized carbons (Fsp3) is 0.222. The number of amides is 2. The molecule has 0 saturated carbocycles. The predicted molar refractivity (Wildman–Crippen MR) is 98.0 cm³/mol. The Labute approximate surface area is 154 Å². The van der Waals surface area contributed by atoms with Crippen molar-refractivity contribution < 1.29 is 9.59 Å². The van der Waals surface area contributed by atoms with E-state index in [4.69, 9.17) is 0 Å². The summed E-state index contributed by atoms with van der Waals surface area (Å²) in [5, 5.41) is 2.66. The van der Waals surface area contributed by atoms with Gasteiger partial charge in [0.15, 0.2) is 5.82 Å². The maximum atomic E-state index is 12.8. The largest absolute Gasteiger partial charge is 0.328 e. The molecule has 2 aromatic rings. The van der Waals surface area contributed by atoms with E-state index in [9.17, 15) is 9.59 Å². The van der Waals surface area contributed by atoms with Crippen LogP contribution in [0, 0.1) is 0 Å². The summed E-state index contributed by atoms with van der Waals surface area (Å²) in [6.45, 7) is 4.09. The van der Waals surface area contributed by atoms with E-state index in [0.717, 1.165) is 17.3 Å². The molecule has 0 spiro atoms. The van der Waals surface area contributed by atoms with Crippen LogP contribution < -0.4 is 5.32 Å². The monoisotopic (exact) mass is 400 g/mol. The number of benzene rings is 1. The molecule has 1 aromatic carbocycles. The summed E-state index contributed by atoms with van der Waals surface area (Å²) in [4.78, 5) is 34.6. The number of carbonyl (C=O) groups is 2. The van der Waals surface area contributed by atoms with Crippen molar-refractivity contribution in [3.63, 3.8) is 0 Å².